The molecule has 122 valence electrons. The molecule has 1 amide bonds. The Labute approximate surface area is 146 Å². The van der Waals surface area contributed by atoms with Gasteiger partial charge in [-0.05, 0) is 31.2 Å². The molecular weight excluding hydrogens is 343 g/mol. The topological polar surface area (TPSA) is 49.4 Å². The number of rotatable bonds is 5. The number of ketones is 1. The third kappa shape index (κ3) is 5.47. The number of hydrogen-bond donors (Lipinski definition) is 1. The molecule has 0 bridgehead atoms. The second-order valence-electron chi connectivity index (χ2n) is 5.06. The molecule has 1 saturated heterocycles. The molecule has 1 aliphatic heterocycles. The van der Waals surface area contributed by atoms with Crippen molar-refractivity contribution in [3.05, 3.63) is 34.9 Å². The summed E-state index contributed by atoms with van der Waals surface area (Å²) in [6.45, 7) is 4.45. The monoisotopic (exact) mass is 362 g/mol. The van der Waals surface area contributed by atoms with Crippen LogP contribution in [0.15, 0.2) is 24.3 Å². The Hall–Kier alpha value is -0.750. The van der Waals surface area contributed by atoms with Crippen LogP contribution in [0, 0.1) is 0 Å². The van der Waals surface area contributed by atoms with E-state index in [1.807, 2.05) is 11.8 Å². The summed E-state index contributed by atoms with van der Waals surface area (Å²) in [4.78, 5) is 26.0. The molecule has 0 unspecified atom stereocenters. The predicted molar refractivity (Wildman–Crippen MR) is 94.4 cm³/mol. The number of hydrogen-bond acceptors (Lipinski definition) is 4. The molecule has 2 rings (SSSR count). The van der Waals surface area contributed by atoms with E-state index in [0.717, 1.165) is 19.6 Å². The number of Topliss-reactive ketones (excluding diaryl/α,β-unsaturated/α-hetero) is 1. The number of carbonyl (C=O) groups is 2. The summed E-state index contributed by atoms with van der Waals surface area (Å²) in [5.41, 5.74) is 0.634. The van der Waals surface area contributed by atoms with Crippen molar-refractivity contribution in [2.45, 2.75) is 13.0 Å². The lowest BCUT2D eigenvalue weighted by Crippen LogP contribution is -2.52. The second kappa shape index (κ2) is 9.40. The summed E-state index contributed by atoms with van der Waals surface area (Å²) in [5.74, 6) is 0.799. The normalized spacial score (nSPS) is 17.7. The summed E-state index contributed by atoms with van der Waals surface area (Å²) in [6, 6.07) is 7.05. The zero-order valence-corrected chi connectivity index (χ0v) is 14.8. The van der Waals surface area contributed by atoms with Gasteiger partial charge >= 0.3 is 0 Å². The molecule has 1 N–H and O–H groups in total. The van der Waals surface area contributed by atoms with Gasteiger partial charge < -0.3 is 10.2 Å². The number of halogens is 2. The van der Waals surface area contributed by atoms with Crippen molar-refractivity contribution in [1.29, 1.82) is 0 Å². The largest absolute Gasteiger partial charge is 0.337 e. The molecule has 1 heterocycles. The average molecular weight is 363 g/mol. The summed E-state index contributed by atoms with van der Waals surface area (Å²) in [5, 5.41) is 3.87. The van der Waals surface area contributed by atoms with Crippen molar-refractivity contribution in [2.24, 2.45) is 0 Å². The molecule has 1 aromatic carbocycles. The molecule has 0 spiro atoms. The maximum atomic E-state index is 12.1. The van der Waals surface area contributed by atoms with Gasteiger partial charge in [0, 0.05) is 36.3 Å². The van der Waals surface area contributed by atoms with Crippen molar-refractivity contribution in [3.8, 4) is 0 Å². The first kappa shape index (κ1) is 19.3. The maximum Gasteiger partial charge on any atom is 0.232 e. The van der Waals surface area contributed by atoms with Crippen LogP contribution >= 0.6 is 35.8 Å². The van der Waals surface area contributed by atoms with E-state index in [4.69, 9.17) is 11.6 Å². The number of nitrogens with zero attached hydrogens (tertiary/aromatic N) is 1. The molecule has 1 atom stereocenters. The summed E-state index contributed by atoms with van der Waals surface area (Å²) >= 11 is 7.16. The highest BCUT2D eigenvalue weighted by Gasteiger charge is 2.22. The van der Waals surface area contributed by atoms with Crippen LogP contribution in [0.4, 0.5) is 0 Å². The zero-order chi connectivity index (χ0) is 15.2. The highest BCUT2D eigenvalue weighted by molar-refractivity contribution is 8.00. The fourth-order valence-corrected chi connectivity index (χ4v) is 3.17. The van der Waals surface area contributed by atoms with Gasteiger partial charge in [-0.3, -0.25) is 9.59 Å². The van der Waals surface area contributed by atoms with Crippen LogP contribution in [-0.2, 0) is 4.79 Å². The van der Waals surface area contributed by atoms with E-state index in [1.165, 1.54) is 11.8 Å². The average Bonchev–Trinajstić information content (AvgIpc) is 2.48. The molecule has 0 radical (unpaired) electrons. The van der Waals surface area contributed by atoms with Gasteiger partial charge in [0.15, 0.2) is 5.78 Å². The standard InChI is InChI=1S/C15H19ClN2O2S.ClH/c1-11-8-17-6-7-18(11)15(20)10-21-9-14(19)12-2-4-13(16)5-3-12;/h2-5,11,17H,6-10H2,1H3;1H/t11-;/m1./s1. The van der Waals surface area contributed by atoms with E-state index < -0.39 is 0 Å². The van der Waals surface area contributed by atoms with Gasteiger partial charge in [-0.15, -0.1) is 24.2 Å². The van der Waals surface area contributed by atoms with Gasteiger partial charge in [0.05, 0.1) is 11.5 Å². The lowest BCUT2D eigenvalue weighted by molar-refractivity contribution is -0.131. The van der Waals surface area contributed by atoms with Gasteiger partial charge in [0.2, 0.25) is 5.91 Å². The molecule has 1 fully saturated rings. The van der Waals surface area contributed by atoms with Gasteiger partial charge in [-0.25, -0.2) is 0 Å². The van der Waals surface area contributed by atoms with Gasteiger partial charge in [0.25, 0.3) is 0 Å². The second-order valence-corrected chi connectivity index (χ2v) is 6.49. The van der Waals surface area contributed by atoms with E-state index in [9.17, 15) is 9.59 Å². The lowest BCUT2D eigenvalue weighted by atomic mass is 10.1. The molecule has 7 heteroatoms. The van der Waals surface area contributed by atoms with Crippen molar-refractivity contribution in [3.63, 3.8) is 0 Å². The Balaban J connectivity index is 0.00000242. The van der Waals surface area contributed by atoms with Crippen LogP contribution in [0.2, 0.25) is 5.02 Å². The fourth-order valence-electron chi connectivity index (χ4n) is 2.24. The van der Waals surface area contributed by atoms with Crippen molar-refractivity contribution >= 4 is 47.5 Å². The number of piperazine rings is 1. The maximum absolute atomic E-state index is 12.1. The number of thioether (sulfide) groups is 1. The highest BCUT2D eigenvalue weighted by atomic mass is 35.5. The Kier molecular flexibility index (Phi) is 8.25. The summed E-state index contributed by atoms with van der Waals surface area (Å²) < 4.78 is 0. The van der Waals surface area contributed by atoms with Gasteiger partial charge in [-0.2, -0.15) is 0 Å². The van der Waals surface area contributed by atoms with E-state index in [2.05, 4.69) is 5.32 Å². The van der Waals surface area contributed by atoms with Crippen molar-refractivity contribution in [2.75, 3.05) is 31.1 Å². The van der Waals surface area contributed by atoms with Crippen molar-refractivity contribution < 1.29 is 9.59 Å². The van der Waals surface area contributed by atoms with Crippen LogP contribution in [0.25, 0.3) is 0 Å². The van der Waals surface area contributed by atoms with E-state index >= 15 is 0 Å². The molecule has 1 aliphatic rings. The van der Waals surface area contributed by atoms with Crippen LogP contribution < -0.4 is 5.32 Å². The molecule has 0 saturated carbocycles. The van der Waals surface area contributed by atoms with Crippen LogP contribution in [0.3, 0.4) is 0 Å². The SMILES string of the molecule is C[C@@H]1CNCCN1C(=O)CSCC(=O)c1ccc(Cl)cc1.Cl. The lowest BCUT2D eigenvalue weighted by Gasteiger charge is -2.33. The third-order valence-electron chi connectivity index (χ3n) is 3.45. The third-order valence-corrected chi connectivity index (χ3v) is 4.62. The fraction of sp³-hybridized carbons (Fsp3) is 0.467. The Morgan fingerprint density at radius 1 is 1.32 bits per heavy atom. The van der Waals surface area contributed by atoms with Gasteiger partial charge in [0.1, 0.15) is 0 Å². The van der Waals surface area contributed by atoms with Crippen LogP contribution in [0.1, 0.15) is 17.3 Å². The minimum atomic E-state index is 0. The summed E-state index contributed by atoms with van der Waals surface area (Å²) in [6.07, 6.45) is 0. The number of carbonyl (C=O) groups excluding carboxylic acids is 2. The van der Waals surface area contributed by atoms with Gasteiger partial charge in [-0.1, -0.05) is 11.6 Å². The first-order chi connectivity index (χ1) is 10.1. The Bertz CT molecular complexity index is 511. The summed E-state index contributed by atoms with van der Waals surface area (Å²) in [7, 11) is 0. The minimum absolute atomic E-state index is 0. The van der Waals surface area contributed by atoms with E-state index in [-0.39, 0.29) is 30.1 Å². The molecular formula is C15H20Cl2N2O2S. The molecule has 4 nitrogen and oxygen atoms in total. The predicted octanol–water partition coefficient (Wildman–Crippen LogP) is 2.50. The number of amides is 1. The quantitative estimate of drug-likeness (QED) is 0.817. The van der Waals surface area contributed by atoms with E-state index in [1.54, 1.807) is 24.3 Å². The highest BCUT2D eigenvalue weighted by Crippen LogP contribution is 2.13. The number of benzene rings is 1. The molecule has 1 aromatic rings. The van der Waals surface area contributed by atoms with Crippen molar-refractivity contribution in [1.82, 2.24) is 10.2 Å². The van der Waals surface area contributed by atoms with E-state index in [0.29, 0.717) is 22.1 Å². The first-order valence-electron chi connectivity index (χ1n) is 6.94. The van der Waals surface area contributed by atoms with Crippen LogP contribution in [-0.4, -0.2) is 53.8 Å². The zero-order valence-electron chi connectivity index (χ0n) is 12.4. The first-order valence-corrected chi connectivity index (χ1v) is 8.48. The smallest absolute Gasteiger partial charge is 0.232 e. The molecule has 0 aromatic heterocycles. The number of nitrogens with one attached hydrogen (secondary N) is 1. The molecule has 0 aliphatic carbocycles. The Morgan fingerprint density at radius 2 is 2.00 bits per heavy atom. The Morgan fingerprint density at radius 3 is 2.64 bits per heavy atom. The van der Waals surface area contributed by atoms with Crippen LogP contribution in [0.5, 0.6) is 0 Å². The minimum Gasteiger partial charge on any atom is -0.337 e. The molecule has 22 heavy (non-hydrogen) atoms.